The second-order valence-electron chi connectivity index (χ2n) is 6.82. The summed E-state index contributed by atoms with van der Waals surface area (Å²) < 4.78 is 16.7. The van der Waals surface area contributed by atoms with Crippen molar-refractivity contribution in [1.82, 2.24) is 0 Å². The summed E-state index contributed by atoms with van der Waals surface area (Å²) in [6, 6.07) is 8.87. The number of hydrogen-bond donors (Lipinski definition) is 1. The van der Waals surface area contributed by atoms with E-state index in [4.69, 9.17) is 14.2 Å². The van der Waals surface area contributed by atoms with Crippen LogP contribution in [0.4, 0.5) is 5.69 Å². The van der Waals surface area contributed by atoms with Gasteiger partial charge in [0, 0.05) is 42.8 Å². The molecular weight excluding hydrogens is 278 g/mol. The molecule has 0 bridgehead atoms. The van der Waals surface area contributed by atoms with Crippen molar-refractivity contribution < 1.29 is 14.2 Å². The molecule has 1 heterocycles. The first-order chi connectivity index (χ1) is 10.8. The molecule has 0 amide bonds. The fourth-order valence-electron chi connectivity index (χ4n) is 4.55. The number of hydrogen-bond acceptors (Lipinski definition) is 4. The lowest BCUT2D eigenvalue weighted by molar-refractivity contribution is -0.158. The van der Waals surface area contributed by atoms with Gasteiger partial charge in [0.15, 0.2) is 0 Å². The molecule has 1 saturated heterocycles. The van der Waals surface area contributed by atoms with Crippen LogP contribution in [0.1, 0.15) is 25.7 Å². The number of methoxy groups -OCH3 is 1. The van der Waals surface area contributed by atoms with E-state index in [0.717, 1.165) is 18.0 Å². The third-order valence-electron chi connectivity index (χ3n) is 5.75. The van der Waals surface area contributed by atoms with Gasteiger partial charge in [-0.1, -0.05) is 12.5 Å². The van der Waals surface area contributed by atoms with E-state index in [1.54, 1.807) is 7.11 Å². The SMILES string of the molecule is COCCOc1cccc(N[C@@H]2[C@@H]3CCO[C@@H]3C23CCC3)c1. The van der Waals surface area contributed by atoms with Crippen molar-refractivity contribution in [2.24, 2.45) is 11.3 Å². The molecule has 120 valence electrons. The van der Waals surface area contributed by atoms with E-state index in [-0.39, 0.29) is 0 Å². The maximum absolute atomic E-state index is 5.99. The molecule has 1 N–H and O–H groups in total. The second kappa shape index (κ2) is 5.74. The molecule has 3 aliphatic rings. The van der Waals surface area contributed by atoms with Crippen LogP contribution in [-0.4, -0.2) is 39.1 Å². The Balaban J connectivity index is 1.43. The molecule has 2 saturated carbocycles. The van der Waals surface area contributed by atoms with Gasteiger partial charge in [-0.2, -0.15) is 0 Å². The van der Waals surface area contributed by atoms with Gasteiger partial charge < -0.3 is 19.5 Å². The van der Waals surface area contributed by atoms with E-state index in [1.807, 2.05) is 6.07 Å². The highest BCUT2D eigenvalue weighted by Gasteiger charge is 2.66. The minimum Gasteiger partial charge on any atom is -0.491 e. The molecule has 1 aliphatic heterocycles. The van der Waals surface area contributed by atoms with Crippen molar-refractivity contribution in [2.45, 2.75) is 37.8 Å². The summed E-state index contributed by atoms with van der Waals surface area (Å²) in [5.41, 5.74) is 1.57. The number of nitrogens with one attached hydrogen (secondary N) is 1. The fraction of sp³-hybridized carbons (Fsp3) is 0.667. The Kier molecular flexibility index (Phi) is 3.74. The molecule has 4 rings (SSSR count). The molecule has 0 unspecified atom stereocenters. The first-order valence-electron chi connectivity index (χ1n) is 8.43. The van der Waals surface area contributed by atoms with Gasteiger partial charge in [0.2, 0.25) is 0 Å². The Morgan fingerprint density at radius 2 is 2.23 bits per heavy atom. The van der Waals surface area contributed by atoms with Crippen LogP contribution >= 0.6 is 0 Å². The zero-order chi connectivity index (χ0) is 15.0. The van der Waals surface area contributed by atoms with Crippen LogP contribution in [-0.2, 0) is 9.47 Å². The molecule has 1 aromatic carbocycles. The Hall–Kier alpha value is -1.26. The van der Waals surface area contributed by atoms with Crippen LogP contribution in [0.5, 0.6) is 5.75 Å². The normalized spacial score (nSPS) is 31.2. The van der Waals surface area contributed by atoms with Gasteiger partial charge in [0.1, 0.15) is 12.4 Å². The second-order valence-corrected chi connectivity index (χ2v) is 6.82. The molecule has 22 heavy (non-hydrogen) atoms. The zero-order valence-electron chi connectivity index (χ0n) is 13.2. The van der Waals surface area contributed by atoms with Crippen molar-refractivity contribution in [3.05, 3.63) is 24.3 Å². The number of anilines is 1. The quantitative estimate of drug-likeness (QED) is 0.820. The molecule has 4 heteroatoms. The third kappa shape index (κ3) is 2.20. The number of ether oxygens (including phenoxy) is 3. The maximum Gasteiger partial charge on any atom is 0.121 e. The van der Waals surface area contributed by atoms with Crippen molar-refractivity contribution >= 4 is 5.69 Å². The summed E-state index contributed by atoms with van der Waals surface area (Å²) in [6.45, 7) is 2.14. The average molecular weight is 303 g/mol. The predicted octanol–water partition coefficient (Wildman–Crippen LogP) is 3.08. The van der Waals surface area contributed by atoms with Crippen LogP contribution in [0, 0.1) is 11.3 Å². The van der Waals surface area contributed by atoms with E-state index in [2.05, 4.69) is 23.5 Å². The Bertz CT molecular complexity index is 529. The highest BCUT2D eigenvalue weighted by Crippen LogP contribution is 2.63. The number of fused-ring (bicyclic) bond motifs is 2. The molecule has 3 fully saturated rings. The molecule has 0 radical (unpaired) electrons. The minimum absolute atomic E-state index is 0.411. The first kappa shape index (κ1) is 14.3. The summed E-state index contributed by atoms with van der Waals surface area (Å²) in [7, 11) is 1.69. The van der Waals surface area contributed by atoms with E-state index in [0.29, 0.717) is 36.7 Å². The summed E-state index contributed by atoms with van der Waals surface area (Å²) in [4.78, 5) is 0. The molecule has 0 aromatic heterocycles. The van der Waals surface area contributed by atoms with Crippen molar-refractivity contribution in [3.8, 4) is 5.75 Å². The number of rotatable bonds is 6. The fourth-order valence-corrected chi connectivity index (χ4v) is 4.55. The number of benzene rings is 1. The third-order valence-corrected chi connectivity index (χ3v) is 5.75. The molecule has 3 atom stereocenters. The van der Waals surface area contributed by atoms with Crippen LogP contribution < -0.4 is 10.1 Å². The lowest BCUT2D eigenvalue weighted by atomic mass is 9.46. The highest BCUT2D eigenvalue weighted by molar-refractivity contribution is 5.50. The van der Waals surface area contributed by atoms with Crippen LogP contribution in [0.3, 0.4) is 0 Å². The van der Waals surface area contributed by atoms with Gasteiger partial charge in [-0.3, -0.25) is 0 Å². The van der Waals surface area contributed by atoms with Crippen molar-refractivity contribution in [3.63, 3.8) is 0 Å². The predicted molar refractivity (Wildman–Crippen MR) is 85.4 cm³/mol. The Labute approximate surface area is 132 Å². The van der Waals surface area contributed by atoms with Gasteiger partial charge in [-0.05, 0) is 31.4 Å². The molecular formula is C18H25NO3. The summed E-state index contributed by atoms with van der Waals surface area (Å²) in [6.07, 6.45) is 5.70. The summed E-state index contributed by atoms with van der Waals surface area (Å²) in [5, 5.41) is 3.78. The van der Waals surface area contributed by atoms with E-state index >= 15 is 0 Å². The van der Waals surface area contributed by atoms with Gasteiger partial charge in [-0.25, -0.2) is 0 Å². The van der Waals surface area contributed by atoms with E-state index in [9.17, 15) is 0 Å². The van der Waals surface area contributed by atoms with E-state index in [1.165, 1.54) is 25.7 Å². The van der Waals surface area contributed by atoms with Crippen LogP contribution in [0.25, 0.3) is 0 Å². The lowest BCUT2D eigenvalue weighted by Gasteiger charge is -2.63. The van der Waals surface area contributed by atoms with Gasteiger partial charge in [-0.15, -0.1) is 0 Å². The maximum atomic E-state index is 5.99. The van der Waals surface area contributed by atoms with Gasteiger partial charge in [0.25, 0.3) is 0 Å². The largest absolute Gasteiger partial charge is 0.491 e. The van der Waals surface area contributed by atoms with Crippen LogP contribution in [0.15, 0.2) is 24.3 Å². The Morgan fingerprint density at radius 1 is 1.32 bits per heavy atom. The standard InChI is InChI=1S/C18H25NO3/c1-20-10-11-21-14-5-2-4-13(12-14)19-16-15-6-9-22-17(15)18(16)7-3-8-18/h2,4-5,12,15-17,19H,3,6-11H2,1H3/t15-,16+,17-/m0/s1. The van der Waals surface area contributed by atoms with Gasteiger partial charge in [0.05, 0.1) is 12.7 Å². The van der Waals surface area contributed by atoms with Gasteiger partial charge >= 0.3 is 0 Å². The van der Waals surface area contributed by atoms with E-state index < -0.39 is 0 Å². The molecule has 4 nitrogen and oxygen atoms in total. The molecule has 1 aromatic rings. The topological polar surface area (TPSA) is 39.7 Å². The zero-order valence-corrected chi connectivity index (χ0v) is 13.2. The lowest BCUT2D eigenvalue weighted by Crippen LogP contribution is -2.68. The molecule has 1 spiro atoms. The monoisotopic (exact) mass is 303 g/mol. The minimum atomic E-state index is 0.411. The highest BCUT2D eigenvalue weighted by atomic mass is 16.5. The van der Waals surface area contributed by atoms with Crippen molar-refractivity contribution in [1.29, 1.82) is 0 Å². The van der Waals surface area contributed by atoms with Crippen molar-refractivity contribution in [2.75, 3.05) is 32.2 Å². The molecule has 2 aliphatic carbocycles. The Morgan fingerprint density at radius 3 is 3.00 bits per heavy atom. The summed E-state index contributed by atoms with van der Waals surface area (Å²) >= 11 is 0. The smallest absolute Gasteiger partial charge is 0.121 e. The summed E-state index contributed by atoms with van der Waals surface area (Å²) in [5.74, 6) is 1.60. The average Bonchev–Trinajstić information content (AvgIpc) is 2.89. The van der Waals surface area contributed by atoms with Crippen LogP contribution in [0.2, 0.25) is 0 Å². The first-order valence-corrected chi connectivity index (χ1v) is 8.43.